The molecule has 5 rings (SSSR count). The molecule has 0 radical (unpaired) electrons. The number of aryl methyl sites for hydroxylation is 2. The number of methoxy groups -OCH3 is 1. The number of thiophene rings is 1. The predicted octanol–water partition coefficient (Wildman–Crippen LogP) is 4.66. The van der Waals surface area contributed by atoms with E-state index in [-0.39, 0.29) is 0 Å². The normalized spacial score (nSPS) is 18.0. The van der Waals surface area contributed by atoms with Crippen LogP contribution >= 0.6 is 11.3 Å². The van der Waals surface area contributed by atoms with E-state index in [0.29, 0.717) is 6.04 Å². The number of anilines is 1. The van der Waals surface area contributed by atoms with Gasteiger partial charge in [0.15, 0.2) is 0 Å². The standard InChI is InChI=1S/C23H28N4OS/c1-28-18-8-6-16(7-9-18)14-27-12-10-17(11-13-27)26-22-21-19-4-2-3-5-20(19)29-23(21)25-15-24-22/h6-9,15,17H,2-5,10-14H2,1H3,(H,24,25,26). The van der Waals surface area contributed by atoms with Crippen molar-refractivity contribution in [2.45, 2.75) is 51.1 Å². The number of benzene rings is 1. The molecule has 1 aromatic carbocycles. The van der Waals surface area contributed by atoms with Crippen LogP contribution in [-0.4, -0.2) is 41.1 Å². The predicted molar refractivity (Wildman–Crippen MR) is 119 cm³/mol. The lowest BCUT2D eigenvalue weighted by Crippen LogP contribution is -2.38. The van der Waals surface area contributed by atoms with Crippen molar-refractivity contribution in [3.05, 3.63) is 46.6 Å². The minimum Gasteiger partial charge on any atom is -0.497 e. The molecule has 1 saturated heterocycles. The molecule has 0 amide bonds. The van der Waals surface area contributed by atoms with Gasteiger partial charge in [0.2, 0.25) is 0 Å². The second-order valence-corrected chi connectivity index (χ2v) is 9.24. The van der Waals surface area contributed by atoms with E-state index in [1.54, 1.807) is 13.4 Å². The van der Waals surface area contributed by atoms with Crippen LogP contribution in [0.25, 0.3) is 10.2 Å². The fraction of sp³-hybridized carbons (Fsp3) is 0.478. The zero-order chi connectivity index (χ0) is 19.6. The van der Waals surface area contributed by atoms with Crippen LogP contribution in [0.1, 0.15) is 41.7 Å². The van der Waals surface area contributed by atoms with Crippen molar-refractivity contribution in [3.8, 4) is 5.75 Å². The monoisotopic (exact) mass is 408 g/mol. The van der Waals surface area contributed by atoms with E-state index >= 15 is 0 Å². The molecule has 6 heteroatoms. The topological polar surface area (TPSA) is 50.3 Å². The number of likely N-dealkylation sites (tertiary alicyclic amines) is 1. The first-order valence-corrected chi connectivity index (χ1v) is 11.5. The summed E-state index contributed by atoms with van der Waals surface area (Å²) in [6.07, 6.45) is 9.00. The number of aromatic nitrogens is 2. The van der Waals surface area contributed by atoms with Gasteiger partial charge in [-0.05, 0) is 61.8 Å². The van der Waals surface area contributed by atoms with Crippen molar-refractivity contribution >= 4 is 27.4 Å². The molecule has 2 aliphatic rings. The smallest absolute Gasteiger partial charge is 0.138 e. The van der Waals surface area contributed by atoms with Gasteiger partial charge in [0.1, 0.15) is 22.7 Å². The Morgan fingerprint density at radius 1 is 1.10 bits per heavy atom. The van der Waals surface area contributed by atoms with Crippen molar-refractivity contribution in [1.29, 1.82) is 0 Å². The van der Waals surface area contributed by atoms with Gasteiger partial charge < -0.3 is 10.1 Å². The number of rotatable bonds is 5. The highest BCUT2D eigenvalue weighted by Crippen LogP contribution is 2.38. The molecule has 0 bridgehead atoms. The maximum absolute atomic E-state index is 5.26. The number of fused-ring (bicyclic) bond motifs is 3. The Kier molecular flexibility index (Phi) is 5.38. The van der Waals surface area contributed by atoms with Gasteiger partial charge in [-0.25, -0.2) is 9.97 Å². The first kappa shape index (κ1) is 18.8. The van der Waals surface area contributed by atoms with Gasteiger partial charge in [0.25, 0.3) is 0 Å². The van der Waals surface area contributed by atoms with Gasteiger partial charge in [-0.15, -0.1) is 11.3 Å². The van der Waals surface area contributed by atoms with Crippen molar-refractivity contribution < 1.29 is 4.74 Å². The van der Waals surface area contributed by atoms with E-state index in [2.05, 4.69) is 32.3 Å². The van der Waals surface area contributed by atoms with E-state index in [1.807, 2.05) is 23.5 Å². The Bertz CT molecular complexity index is 976. The lowest BCUT2D eigenvalue weighted by Gasteiger charge is -2.32. The molecule has 0 atom stereocenters. The molecule has 2 aromatic heterocycles. The molecule has 1 aliphatic carbocycles. The Hall–Kier alpha value is -2.18. The highest BCUT2D eigenvalue weighted by molar-refractivity contribution is 7.19. The SMILES string of the molecule is COc1ccc(CN2CCC(Nc3ncnc4sc5c(c34)CCCC5)CC2)cc1. The zero-order valence-electron chi connectivity index (χ0n) is 17.0. The quantitative estimate of drug-likeness (QED) is 0.666. The fourth-order valence-corrected chi connectivity index (χ4v) is 5.85. The molecule has 0 saturated carbocycles. The van der Waals surface area contributed by atoms with Crippen LogP contribution in [0.3, 0.4) is 0 Å². The Balaban J connectivity index is 1.23. The van der Waals surface area contributed by atoms with Gasteiger partial charge in [0, 0.05) is 30.6 Å². The van der Waals surface area contributed by atoms with Gasteiger partial charge in [-0.1, -0.05) is 12.1 Å². The van der Waals surface area contributed by atoms with E-state index < -0.39 is 0 Å². The van der Waals surface area contributed by atoms with Crippen LogP contribution in [0.15, 0.2) is 30.6 Å². The summed E-state index contributed by atoms with van der Waals surface area (Å²) in [7, 11) is 1.71. The molecule has 3 heterocycles. The largest absolute Gasteiger partial charge is 0.497 e. The first-order chi connectivity index (χ1) is 14.3. The Labute approximate surface area is 176 Å². The highest BCUT2D eigenvalue weighted by atomic mass is 32.1. The van der Waals surface area contributed by atoms with Gasteiger partial charge in [0.05, 0.1) is 12.5 Å². The summed E-state index contributed by atoms with van der Waals surface area (Å²) in [6, 6.07) is 8.91. The van der Waals surface area contributed by atoms with E-state index in [1.165, 1.54) is 47.1 Å². The summed E-state index contributed by atoms with van der Waals surface area (Å²) in [5.41, 5.74) is 2.86. The molecule has 1 aliphatic heterocycles. The summed E-state index contributed by atoms with van der Waals surface area (Å²) < 4.78 is 5.26. The van der Waals surface area contributed by atoms with E-state index in [0.717, 1.165) is 48.9 Å². The Morgan fingerprint density at radius 3 is 2.69 bits per heavy atom. The van der Waals surface area contributed by atoms with Crippen LogP contribution < -0.4 is 10.1 Å². The Morgan fingerprint density at radius 2 is 1.90 bits per heavy atom. The molecular weight excluding hydrogens is 380 g/mol. The summed E-state index contributed by atoms with van der Waals surface area (Å²) in [5, 5.41) is 5.07. The van der Waals surface area contributed by atoms with Crippen molar-refractivity contribution in [1.82, 2.24) is 14.9 Å². The number of ether oxygens (including phenoxy) is 1. The third-order valence-corrected chi connectivity index (χ3v) is 7.44. The third kappa shape index (κ3) is 3.96. The van der Waals surface area contributed by atoms with Crippen molar-refractivity contribution in [3.63, 3.8) is 0 Å². The van der Waals surface area contributed by atoms with Crippen LogP contribution in [0, 0.1) is 0 Å². The average molecular weight is 409 g/mol. The van der Waals surface area contributed by atoms with Gasteiger partial charge in [-0.2, -0.15) is 0 Å². The minimum atomic E-state index is 0.486. The van der Waals surface area contributed by atoms with Crippen molar-refractivity contribution in [2.75, 3.05) is 25.5 Å². The second kappa shape index (κ2) is 8.28. The van der Waals surface area contributed by atoms with Crippen LogP contribution in [-0.2, 0) is 19.4 Å². The minimum absolute atomic E-state index is 0.486. The molecule has 5 nitrogen and oxygen atoms in total. The molecule has 152 valence electrons. The third-order valence-electron chi connectivity index (χ3n) is 6.25. The maximum Gasteiger partial charge on any atom is 0.138 e. The molecule has 0 spiro atoms. The average Bonchev–Trinajstić information content (AvgIpc) is 3.15. The summed E-state index contributed by atoms with van der Waals surface area (Å²) in [5.74, 6) is 1.98. The lowest BCUT2D eigenvalue weighted by molar-refractivity contribution is 0.211. The summed E-state index contributed by atoms with van der Waals surface area (Å²) in [4.78, 5) is 14.4. The molecule has 1 N–H and O–H groups in total. The zero-order valence-corrected chi connectivity index (χ0v) is 17.8. The number of nitrogens with zero attached hydrogens (tertiary/aromatic N) is 3. The van der Waals surface area contributed by atoms with E-state index in [9.17, 15) is 0 Å². The lowest BCUT2D eigenvalue weighted by atomic mass is 9.96. The molecule has 29 heavy (non-hydrogen) atoms. The molecular formula is C23H28N4OS. The number of hydrogen-bond acceptors (Lipinski definition) is 6. The van der Waals surface area contributed by atoms with Gasteiger partial charge in [-0.3, -0.25) is 4.90 Å². The van der Waals surface area contributed by atoms with Crippen molar-refractivity contribution in [2.24, 2.45) is 0 Å². The van der Waals surface area contributed by atoms with E-state index in [4.69, 9.17) is 4.74 Å². The fourth-order valence-electron chi connectivity index (χ4n) is 4.62. The highest BCUT2D eigenvalue weighted by Gasteiger charge is 2.23. The molecule has 3 aromatic rings. The number of hydrogen-bond donors (Lipinski definition) is 1. The van der Waals surface area contributed by atoms with Crippen LogP contribution in [0.4, 0.5) is 5.82 Å². The number of piperidine rings is 1. The summed E-state index contributed by atoms with van der Waals surface area (Å²) in [6.45, 7) is 3.23. The first-order valence-electron chi connectivity index (χ1n) is 10.7. The summed E-state index contributed by atoms with van der Waals surface area (Å²) >= 11 is 1.87. The molecule has 0 unspecified atom stereocenters. The maximum atomic E-state index is 5.26. The second-order valence-electron chi connectivity index (χ2n) is 8.16. The van der Waals surface area contributed by atoms with Crippen LogP contribution in [0.2, 0.25) is 0 Å². The van der Waals surface area contributed by atoms with Crippen LogP contribution in [0.5, 0.6) is 5.75 Å². The van der Waals surface area contributed by atoms with Gasteiger partial charge >= 0.3 is 0 Å². The molecule has 1 fully saturated rings. The number of nitrogens with one attached hydrogen (secondary N) is 1.